The first-order valence-corrected chi connectivity index (χ1v) is 9.34. The summed E-state index contributed by atoms with van der Waals surface area (Å²) in [6.45, 7) is 3.93. The minimum Gasteiger partial charge on any atom is -0.297 e. The maximum absolute atomic E-state index is 13.3. The first-order chi connectivity index (χ1) is 12.2. The van der Waals surface area contributed by atoms with Crippen LogP contribution in [0.3, 0.4) is 0 Å². The van der Waals surface area contributed by atoms with E-state index in [9.17, 15) is 22.0 Å². The van der Waals surface area contributed by atoms with Gasteiger partial charge in [-0.3, -0.25) is 13.9 Å². The summed E-state index contributed by atoms with van der Waals surface area (Å²) in [5.41, 5.74) is -0.523. The molecular formula is C16H16F2N4O3S. The Morgan fingerprint density at radius 3 is 2.35 bits per heavy atom. The highest BCUT2D eigenvalue weighted by Crippen LogP contribution is 2.20. The zero-order valence-electron chi connectivity index (χ0n) is 14.0. The molecule has 3 rings (SSSR count). The zero-order chi connectivity index (χ0) is 19.1. The van der Waals surface area contributed by atoms with Gasteiger partial charge in [0, 0.05) is 25.2 Å². The van der Waals surface area contributed by atoms with E-state index in [1.54, 1.807) is 6.92 Å². The predicted octanol–water partition coefficient (Wildman–Crippen LogP) is 2.16. The average molecular weight is 382 g/mol. The molecule has 0 saturated carbocycles. The fraction of sp³-hybridized carbons (Fsp3) is 0.250. The van der Waals surface area contributed by atoms with Crippen LogP contribution in [0, 0.1) is 11.6 Å². The molecule has 0 bridgehead atoms. The van der Waals surface area contributed by atoms with Crippen molar-refractivity contribution >= 4 is 21.2 Å². The van der Waals surface area contributed by atoms with E-state index in [1.165, 1.54) is 21.3 Å². The second-order valence-corrected chi connectivity index (χ2v) is 7.27. The fourth-order valence-electron chi connectivity index (χ4n) is 2.61. The predicted molar refractivity (Wildman–Crippen MR) is 91.7 cm³/mol. The Kier molecular flexibility index (Phi) is 4.53. The Morgan fingerprint density at radius 2 is 1.77 bits per heavy atom. The summed E-state index contributed by atoms with van der Waals surface area (Å²) in [5.74, 6) is -1.30. The average Bonchev–Trinajstić information content (AvgIpc) is 3.01. The van der Waals surface area contributed by atoms with Gasteiger partial charge in [-0.25, -0.2) is 21.9 Å². The first kappa shape index (κ1) is 18.1. The quantitative estimate of drug-likeness (QED) is 0.733. The summed E-state index contributed by atoms with van der Waals surface area (Å²) in [7, 11) is -4.15. The van der Waals surface area contributed by atoms with E-state index in [1.807, 2.05) is 6.92 Å². The van der Waals surface area contributed by atoms with Crippen LogP contribution >= 0.6 is 0 Å². The number of aromatic nitrogens is 3. The minimum atomic E-state index is -4.15. The summed E-state index contributed by atoms with van der Waals surface area (Å²) in [5, 5.41) is 4.19. The van der Waals surface area contributed by atoms with Gasteiger partial charge in [-0.15, -0.1) is 0 Å². The maximum Gasteiger partial charge on any atom is 0.291 e. The van der Waals surface area contributed by atoms with Gasteiger partial charge in [0.25, 0.3) is 15.6 Å². The molecule has 0 aliphatic carbocycles. The van der Waals surface area contributed by atoms with Crippen LogP contribution in [0.1, 0.15) is 19.7 Å². The third-order valence-electron chi connectivity index (χ3n) is 3.80. The second-order valence-electron chi connectivity index (χ2n) is 5.59. The highest BCUT2D eigenvalue weighted by Gasteiger charge is 2.20. The van der Waals surface area contributed by atoms with Crippen molar-refractivity contribution in [2.24, 2.45) is 0 Å². The van der Waals surface area contributed by atoms with E-state index in [0.717, 1.165) is 12.1 Å². The number of fused-ring (bicyclic) bond motifs is 1. The topological polar surface area (TPSA) is 85.5 Å². The molecule has 0 radical (unpaired) electrons. The van der Waals surface area contributed by atoms with Gasteiger partial charge in [0.15, 0.2) is 0 Å². The Hall–Kier alpha value is -2.75. The summed E-state index contributed by atoms with van der Waals surface area (Å²) in [6, 6.07) is 3.57. The molecule has 0 unspecified atom stereocenters. The Balaban J connectivity index is 2.12. The Bertz CT molecular complexity index is 1130. The SMILES string of the molecule is CCc1nn(CC)c(=O)c2cc(S(=O)(=O)Nc3cc(F)cc(F)c3)cn12. The molecule has 2 aromatic heterocycles. The molecule has 0 spiro atoms. The third kappa shape index (κ3) is 3.19. The number of hydrogen-bond acceptors (Lipinski definition) is 4. The molecule has 0 saturated heterocycles. The lowest BCUT2D eigenvalue weighted by atomic mass is 10.3. The van der Waals surface area contributed by atoms with Crippen molar-refractivity contribution < 1.29 is 17.2 Å². The molecular weight excluding hydrogens is 366 g/mol. The van der Waals surface area contributed by atoms with E-state index < -0.39 is 27.2 Å². The smallest absolute Gasteiger partial charge is 0.291 e. The zero-order valence-corrected chi connectivity index (χ0v) is 14.8. The van der Waals surface area contributed by atoms with Gasteiger partial charge in [0.2, 0.25) is 0 Å². The van der Waals surface area contributed by atoms with Gasteiger partial charge in [-0.05, 0) is 25.1 Å². The maximum atomic E-state index is 13.3. The van der Waals surface area contributed by atoms with Gasteiger partial charge in [-0.1, -0.05) is 6.92 Å². The summed E-state index contributed by atoms with van der Waals surface area (Å²) >= 11 is 0. The van der Waals surface area contributed by atoms with Crippen molar-refractivity contribution in [1.82, 2.24) is 14.2 Å². The number of benzene rings is 1. The standard InChI is InChI=1S/C16H16F2N4O3S/c1-3-15-19-22(4-2)16(23)14-8-13(9-21(14)15)26(24,25)20-12-6-10(17)5-11(18)7-12/h5-9,20H,3-4H2,1-2H3. The van der Waals surface area contributed by atoms with Gasteiger partial charge in [-0.2, -0.15) is 5.10 Å². The molecule has 7 nitrogen and oxygen atoms in total. The largest absolute Gasteiger partial charge is 0.297 e. The number of nitrogens with zero attached hydrogens (tertiary/aromatic N) is 3. The lowest BCUT2D eigenvalue weighted by molar-refractivity contribution is 0.583. The van der Waals surface area contributed by atoms with Gasteiger partial charge in [0.05, 0.1) is 5.69 Å². The summed E-state index contributed by atoms with van der Waals surface area (Å²) in [4.78, 5) is 12.2. The molecule has 138 valence electrons. The molecule has 1 N–H and O–H groups in total. The van der Waals surface area contributed by atoms with Crippen LogP contribution in [0.4, 0.5) is 14.5 Å². The molecule has 0 fully saturated rings. The number of anilines is 1. The van der Waals surface area contributed by atoms with E-state index in [0.29, 0.717) is 24.9 Å². The molecule has 0 aliphatic rings. The third-order valence-corrected chi connectivity index (χ3v) is 5.15. The highest BCUT2D eigenvalue weighted by molar-refractivity contribution is 7.92. The molecule has 3 aromatic rings. The molecule has 10 heteroatoms. The van der Waals surface area contributed by atoms with E-state index >= 15 is 0 Å². The number of sulfonamides is 1. The Morgan fingerprint density at radius 1 is 1.12 bits per heavy atom. The van der Waals surface area contributed by atoms with E-state index in [2.05, 4.69) is 9.82 Å². The van der Waals surface area contributed by atoms with Crippen LogP contribution in [-0.2, 0) is 23.0 Å². The van der Waals surface area contributed by atoms with Crippen molar-refractivity contribution in [3.8, 4) is 0 Å². The Labute approximate surface area is 147 Å². The second kappa shape index (κ2) is 6.52. The number of halogens is 2. The molecule has 1 aromatic carbocycles. The normalized spacial score (nSPS) is 11.8. The fourth-order valence-corrected chi connectivity index (χ4v) is 3.67. The monoisotopic (exact) mass is 382 g/mol. The number of hydrogen-bond donors (Lipinski definition) is 1. The van der Waals surface area contributed by atoms with E-state index in [-0.39, 0.29) is 16.1 Å². The number of aryl methyl sites for hydroxylation is 2. The summed E-state index contributed by atoms with van der Waals surface area (Å²) in [6.07, 6.45) is 1.74. The minimum absolute atomic E-state index is 0.157. The number of rotatable bonds is 5. The molecule has 2 heterocycles. The van der Waals surface area contributed by atoms with Crippen LogP contribution < -0.4 is 10.3 Å². The van der Waals surface area contributed by atoms with Gasteiger partial charge >= 0.3 is 0 Å². The summed E-state index contributed by atoms with van der Waals surface area (Å²) < 4.78 is 56.4. The lowest BCUT2D eigenvalue weighted by Crippen LogP contribution is -2.26. The van der Waals surface area contributed by atoms with Crippen molar-refractivity contribution in [3.05, 3.63) is 58.3 Å². The lowest BCUT2D eigenvalue weighted by Gasteiger charge is -2.07. The molecule has 0 atom stereocenters. The van der Waals surface area contributed by atoms with Gasteiger partial charge < -0.3 is 0 Å². The molecule has 26 heavy (non-hydrogen) atoms. The van der Waals surface area contributed by atoms with Crippen molar-refractivity contribution in [2.75, 3.05) is 4.72 Å². The molecule has 0 amide bonds. The van der Waals surface area contributed by atoms with Crippen LogP contribution in [-0.4, -0.2) is 22.6 Å². The van der Waals surface area contributed by atoms with Crippen molar-refractivity contribution in [1.29, 1.82) is 0 Å². The van der Waals surface area contributed by atoms with Crippen LogP contribution in [0.15, 0.2) is 40.2 Å². The van der Waals surface area contributed by atoms with Crippen LogP contribution in [0.5, 0.6) is 0 Å². The van der Waals surface area contributed by atoms with Crippen LogP contribution in [0.2, 0.25) is 0 Å². The van der Waals surface area contributed by atoms with Gasteiger partial charge in [0.1, 0.15) is 27.9 Å². The van der Waals surface area contributed by atoms with E-state index in [4.69, 9.17) is 0 Å². The van der Waals surface area contributed by atoms with Crippen molar-refractivity contribution in [2.45, 2.75) is 31.7 Å². The number of nitrogens with one attached hydrogen (secondary N) is 1. The highest BCUT2D eigenvalue weighted by atomic mass is 32.2. The van der Waals surface area contributed by atoms with Crippen molar-refractivity contribution in [3.63, 3.8) is 0 Å². The van der Waals surface area contributed by atoms with Crippen LogP contribution in [0.25, 0.3) is 5.52 Å². The first-order valence-electron chi connectivity index (χ1n) is 7.86. The molecule has 0 aliphatic heterocycles.